The Morgan fingerprint density at radius 3 is 2.48 bits per heavy atom. The van der Waals surface area contributed by atoms with E-state index < -0.39 is 12.1 Å². The molecule has 0 radical (unpaired) electrons. The maximum atomic E-state index is 11.1. The summed E-state index contributed by atoms with van der Waals surface area (Å²) in [6.07, 6.45) is -3.06. The van der Waals surface area contributed by atoms with Crippen molar-refractivity contribution in [2.45, 2.75) is 31.2 Å². The Hall–Kier alpha value is -1.65. The Morgan fingerprint density at radius 2 is 2.04 bits per heavy atom. The summed E-state index contributed by atoms with van der Waals surface area (Å²) in [6, 6.07) is 2.19. The third-order valence-corrected chi connectivity index (χ3v) is 4.85. The zero-order chi connectivity index (χ0) is 18.5. The summed E-state index contributed by atoms with van der Waals surface area (Å²) in [4.78, 5) is 22.5. The minimum Gasteiger partial charge on any atom is -0.475 e. The van der Waals surface area contributed by atoms with Gasteiger partial charge in [0.2, 0.25) is 5.91 Å². The number of nitrogens with one attached hydrogen (secondary N) is 1. The van der Waals surface area contributed by atoms with Gasteiger partial charge in [0.15, 0.2) is 0 Å². The van der Waals surface area contributed by atoms with E-state index in [1.807, 2.05) is 0 Å². The molecule has 2 fully saturated rings. The molecule has 25 heavy (non-hydrogen) atoms. The summed E-state index contributed by atoms with van der Waals surface area (Å²) in [5.74, 6) is -2.74. The molecule has 2 aliphatic heterocycles. The van der Waals surface area contributed by atoms with Crippen molar-refractivity contribution in [3.05, 3.63) is 22.4 Å². The van der Waals surface area contributed by atoms with Crippen molar-refractivity contribution in [2.24, 2.45) is 0 Å². The largest absolute Gasteiger partial charge is 0.490 e. The summed E-state index contributed by atoms with van der Waals surface area (Å²) in [7, 11) is 0. The molecule has 0 bridgehead atoms. The number of thiophene rings is 1. The number of halogens is 3. The van der Waals surface area contributed by atoms with Gasteiger partial charge in [0, 0.05) is 26.2 Å². The number of ether oxygens (including phenoxy) is 1. The van der Waals surface area contributed by atoms with Crippen LogP contribution in [0.25, 0.3) is 0 Å². The number of aliphatic carboxylic acids is 1. The van der Waals surface area contributed by atoms with E-state index in [1.165, 1.54) is 5.56 Å². The highest BCUT2D eigenvalue weighted by Crippen LogP contribution is 2.28. The van der Waals surface area contributed by atoms with E-state index in [0.717, 1.165) is 32.5 Å². The lowest BCUT2D eigenvalue weighted by atomic mass is 9.90. The van der Waals surface area contributed by atoms with Crippen LogP contribution in [0.4, 0.5) is 13.2 Å². The number of hydrogen-bond acceptors (Lipinski definition) is 5. The zero-order valence-corrected chi connectivity index (χ0v) is 14.2. The molecule has 0 unspecified atom stereocenters. The molecule has 0 saturated carbocycles. The lowest BCUT2D eigenvalue weighted by Crippen LogP contribution is -2.57. The smallest absolute Gasteiger partial charge is 0.475 e. The molecule has 1 aromatic rings. The number of piperidine rings is 1. The fourth-order valence-corrected chi connectivity index (χ4v) is 3.32. The van der Waals surface area contributed by atoms with E-state index in [0.29, 0.717) is 6.54 Å². The average molecular weight is 380 g/mol. The van der Waals surface area contributed by atoms with Crippen LogP contribution in [0.3, 0.4) is 0 Å². The van der Waals surface area contributed by atoms with Crippen LogP contribution in [0.5, 0.6) is 0 Å². The average Bonchev–Trinajstić information content (AvgIpc) is 3.05. The van der Waals surface area contributed by atoms with Crippen LogP contribution in [-0.4, -0.2) is 59.9 Å². The molecular weight excluding hydrogens is 361 g/mol. The first-order valence-electron chi connectivity index (χ1n) is 7.64. The lowest BCUT2D eigenvalue weighted by molar-refractivity contribution is -0.192. The molecule has 2 N–H and O–H groups in total. The number of carboxylic acid groups (broad SMARTS) is 1. The third kappa shape index (κ3) is 5.98. The number of carbonyl (C=O) groups is 2. The SMILES string of the molecule is O=C(O)C(F)(F)F.O=C1COC2(CCN(Cc3ccsc3)CC2)CN1. The maximum absolute atomic E-state index is 11.1. The topological polar surface area (TPSA) is 78.9 Å². The monoisotopic (exact) mass is 380 g/mol. The van der Waals surface area contributed by atoms with Crippen LogP contribution in [0.2, 0.25) is 0 Å². The second kappa shape index (κ2) is 8.15. The van der Waals surface area contributed by atoms with Crippen LogP contribution in [0.15, 0.2) is 16.8 Å². The number of alkyl halides is 3. The molecule has 10 heteroatoms. The van der Waals surface area contributed by atoms with Crippen molar-refractivity contribution >= 4 is 23.2 Å². The molecule has 140 valence electrons. The van der Waals surface area contributed by atoms with Crippen LogP contribution in [-0.2, 0) is 20.9 Å². The van der Waals surface area contributed by atoms with E-state index >= 15 is 0 Å². The number of carbonyl (C=O) groups excluding carboxylic acids is 1. The number of rotatable bonds is 2. The second-order valence-corrected chi connectivity index (χ2v) is 6.74. The van der Waals surface area contributed by atoms with Gasteiger partial charge in [-0.1, -0.05) is 0 Å². The van der Waals surface area contributed by atoms with Gasteiger partial charge < -0.3 is 15.2 Å². The highest BCUT2D eigenvalue weighted by Gasteiger charge is 2.39. The predicted molar refractivity (Wildman–Crippen MR) is 84.2 cm³/mol. The van der Waals surface area contributed by atoms with E-state index in [9.17, 15) is 18.0 Å². The van der Waals surface area contributed by atoms with Gasteiger partial charge in [-0.2, -0.15) is 24.5 Å². The highest BCUT2D eigenvalue weighted by molar-refractivity contribution is 7.07. The van der Waals surface area contributed by atoms with Gasteiger partial charge in [-0.05, 0) is 35.2 Å². The fraction of sp³-hybridized carbons (Fsp3) is 0.600. The molecule has 1 amide bonds. The Balaban J connectivity index is 0.000000277. The van der Waals surface area contributed by atoms with E-state index in [1.54, 1.807) is 11.3 Å². The quantitative estimate of drug-likeness (QED) is 0.819. The number of morpholine rings is 1. The Labute approximate surface area is 146 Å². The van der Waals surface area contributed by atoms with Crippen molar-refractivity contribution in [3.63, 3.8) is 0 Å². The molecule has 3 rings (SSSR count). The van der Waals surface area contributed by atoms with Gasteiger partial charge in [-0.15, -0.1) is 0 Å². The van der Waals surface area contributed by atoms with Gasteiger partial charge in [0.05, 0.1) is 5.60 Å². The van der Waals surface area contributed by atoms with Gasteiger partial charge in [0.25, 0.3) is 0 Å². The van der Waals surface area contributed by atoms with Gasteiger partial charge in [-0.3, -0.25) is 9.69 Å². The van der Waals surface area contributed by atoms with E-state index in [2.05, 4.69) is 27.0 Å². The summed E-state index contributed by atoms with van der Waals surface area (Å²) in [6.45, 7) is 4.03. The van der Waals surface area contributed by atoms with Crippen molar-refractivity contribution in [1.82, 2.24) is 10.2 Å². The fourth-order valence-electron chi connectivity index (χ4n) is 2.66. The van der Waals surface area contributed by atoms with Crippen molar-refractivity contribution < 1.29 is 32.6 Å². The van der Waals surface area contributed by atoms with Crippen LogP contribution in [0.1, 0.15) is 18.4 Å². The molecule has 2 saturated heterocycles. The standard InChI is InChI=1S/C13H18N2O2S.C2HF3O2/c16-12-8-17-13(10-14-12)2-4-15(5-3-13)7-11-1-6-18-9-11;3-2(4,5)1(6)7/h1,6,9H,2-5,7-8,10H2,(H,14,16);(H,6,7). The number of nitrogens with zero attached hydrogens (tertiary/aromatic N) is 1. The molecule has 0 atom stereocenters. The normalized spacial score (nSPS) is 20.5. The van der Waals surface area contributed by atoms with E-state index in [-0.39, 0.29) is 18.1 Å². The molecule has 0 aliphatic carbocycles. The van der Waals surface area contributed by atoms with Crippen LogP contribution < -0.4 is 5.32 Å². The molecule has 1 spiro atoms. The summed E-state index contributed by atoms with van der Waals surface area (Å²) in [5, 5.41) is 14.4. The predicted octanol–water partition coefficient (Wildman–Crippen LogP) is 1.86. The molecular formula is C15H19F3N2O4S. The first-order chi connectivity index (χ1) is 11.7. The third-order valence-electron chi connectivity index (χ3n) is 4.11. The van der Waals surface area contributed by atoms with Crippen molar-refractivity contribution in [3.8, 4) is 0 Å². The molecule has 6 nitrogen and oxygen atoms in total. The molecule has 3 heterocycles. The number of amides is 1. The Bertz CT molecular complexity index is 572. The Kier molecular flexibility index (Phi) is 6.42. The van der Waals surface area contributed by atoms with Crippen molar-refractivity contribution in [1.29, 1.82) is 0 Å². The highest BCUT2D eigenvalue weighted by atomic mass is 32.1. The van der Waals surface area contributed by atoms with Gasteiger partial charge in [-0.25, -0.2) is 4.79 Å². The van der Waals surface area contributed by atoms with Crippen LogP contribution in [0, 0.1) is 0 Å². The number of carboxylic acids is 1. The maximum Gasteiger partial charge on any atom is 0.490 e. The zero-order valence-electron chi connectivity index (χ0n) is 13.3. The minimum absolute atomic E-state index is 0.0151. The summed E-state index contributed by atoms with van der Waals surface area (Å²) < 4.78 is 37.5. The first-order valence-corrected chi connectivity index (χ1v) is 8.59. The lowest BCUT2D eigenvalue weighted by Gasteiger charge is -2.43. The second-order valence-electron chi connectivity index (χ2n) is 5.96. The number of likely N-dealkylation sites (tertiary alicyclic amines) is 1. The molecule has 2 aliphatic rings. The summed E-state index contributed by atoms with van der Waals surface area (Å²) >= 11 is 1.75. The molecule has 1 aromatic heterocycles. The van der Waals surface area contributed by atoms with Gasteiger partial charge in [0.1, 0.15) is 6.61 Å². The Morgan fingerprint density at radius 1 is 1.40 bits per heavy atom. The van der Waals surface area contributed by atoms with Gasteiger partial charge >= 0.3 is 12.1 Å². The van der Waals surface area contributed by atoms with E-state index in [4.69, 9.17) is 14.6 Å². The van der Waals surface area contributed by atoms with Crippen molar-refractivity contribution in [2.75, 3.05) is 26.2 Å². The minimum atomic E-state index is -5.08. The molecule has 0 aromatic carbocycles. The first kappa shape index (κ1) is 19.7. The summed E-state index contributed by atoms with van der Waals surface area (Å²) in [5.41, 5.74) is 1.30. The van der Waals surface area contributed by atoms with Crippen LogP contribution >= 0.6 is 11.3 Å². The number of hydrogen-bond donors (Lipinski definition) is 2.